The van der Waals surface area contributed by atoms with E-state index in [9.17, 15) is 18.0 Å². The van der Waals surface area contributed by atoms with Gasteiger partial charge in [0.1, 0.15) is 5.82 Å². The van der Waals surface area contributed by atoms with Gasteiger partial charge in [-0.25, -0.2) is 13.2 Å². The van der Waals surface area contributed by atoms with E-state index in [1.54, 1.807) is 0 Å². The van der Waals surface area contributed by atoms with Crippen LogP contribution in [0, 0.1) is 17.5 Å². The van der Waals surface area contributed by atoms with Crippen LogP contribution >= 0.6 is 0 Å². The first kappa shape index (κ1) is 20.2. The van der Waals surface area contributed by atoms with Gasteiger partial charge in [0, 0.05) is 32.2 Å². The Morgan fingerprint density at radius 3 is 1.73 bits per heavy atom. The normalized spacial score (nSPS) is 14.9. The van der Waals surface area contributed by atoms with Gasteiger partial charge in [-0.2, -0.15) is 0 Å². The van der Waals surface area contributed by atoms with Crippen molar-refractivity contribution in [2.75, 3.05) is 26.2 Å². The van der Waals surface area contributed by atoms with Crippen LogP contribution in [0.4, 0.5) is 13.2 Å². The molecule has 0 unspecified atom stereocenters. The number of nitrogens with zero attached hydrogens (tertiary/aromatic N) is 2. The number of carbonyl (C=O) groups is 1. The second-order valence-electron chi connectivity index (χ2n) is 7.30. The second-order valence-corrected chi connectivity index (χ2v) is 7.30. The number of halogens is 3. The highest BCUT2D eigenvalue weighted by atomic mass is 19.2. The molecule has 4 rings (SSSR count). The molecule has 1 heterocycles. The minimum absolute atomic E-state index is 0.0321. The van der Waals surface area contributed by atoms with E-state index in [1.807, 2.05) is 36.4 Å². The van der Waals surface area contributed by atoms with E-state index in [4.69, 9.17) is 0 Å². The highest BCUT2D eigenvalue weighted by Gasteiger charge is 2.29. The summed E-state index contributed by atoms with van der Waals surface area (Å²) in [6, 6.07) is 21.3. The molecule has 0 N–H and O–H groups in total. The predicted molar refractivity (Wildman–Crippen MR) is 109 cm³/mol. The van der Waals surface area contributed by atoms with E-state index in [1.165, 1.54) is 4.90 Å². The number of rotatable bonds is 4. The highest BCUT2D eigenvalue weighted by molar-refractivity contribution is 5.94. The summed E-state index contributed by atoms with van der Waals surface area (Å²) in [4.78, 5) is 16.4. The summed E-state index contributed by atoms with van der Waals surface area (Å²) in [6.45, 7) is 1.89. The molecule has 1 amide bonds. The molecule has 30 heavy (non-hydrogen) atoms. The fourth-order valence-corrected chi connectivity index (χ4v) is 3.92. The summed E-state index contributed by atoms with van der Waals surface area (Å²) in [5.74, 6) is -4.20. The lowest BCUT2D eigenvalue weighted by atomic mass is 9.96. The molecule has 3 aromatic rings. The average Bonchev–Trinajstić information content (AvgIpc) is 2.78. The zero-order valence-electron chi connectivity index (χ0n) is 16.3. The van der Waals surface area contributed by atoms with E-state index in [0.717, 1.165) is 11.1 Å². The van der Waals surface area contributed by atoms with Gasteiger partial charge in [0.25, 0.3) is 5.91 Å². The Balaban J connectivity index is 1.53. The molecule has 154 valence electrons. The zero-order chi connectivity index (χ0) is 21.1. The lowest BCUT2D eigenvalue weighted by Crippen LogP contribution is -2.50. The van der Waals surface area contributed by atoms with E-state index in [2.05, 4.69) is 29.2 Å². The molecule has 1 saturated heterocycles. The van der Waals surface area contributed by atoms with Crippen LogP contribution in [0.5, 0.6) is 0 Å². The molecule has 0 bridgehead atoms. The Morgan fingerprint density at radius 1 is 0.700 bits per heavy atom. The van der Waals surface area contributed by atoms with Crippen molar-refractivity contribution in [1.29, 1.82) is 0 Å². The number of benzene rings is 3. The minimum Gasteiger partial charge on any atom is -0.336 e. The van der Waals surface area contributed by atoms with Crippen LogP contribution in [-0.4, -0.2) is 41.9 Å². The van der Waals surface area contributed by atoms with Crippen molar-refractivity contribution in [3.05, 3.63) is 107 Å². The van der Waals surface area contributed by atoms with Crippen LogP contribution in [0.3, 0.4) is 0 Å². The van der Waals surface area contributed by atoms with Crippen LogP contribution in [0.2, 0.25) is 0 Å². The Morgan fingerprint density at radius 2 is 1.20 bits per heavy atom. The Kier molecular flexibility index (Phi) is 5.86. The first-order chi connectivity index (χ1) is 14.5. The number of piperazine rings is 1. The van der Waals surface area contributed by atoms with Gasteiger partial charge >= 0.3 is 0 Å². The van der Waals surface area contributed by atoms with Crippen LogP contribution in [-0.2, 0) is 0 Å². The third-order valence-corrected chi connectivity index (χ3v) is 5.44. The molecule has 0 radical (unpaired) electrons. The molecule has 1 aliphatic rings. The van der Waals surface area contributed by atoms with Gasteiger partial charge in [-0.15, -0.1) is 0 Å². The Hall–Kier alpha value is -3.12. The van der Waals surface area contributed by atoms with Crippen molar-refractivity contribution in [2.24, 2.45) is 0 Å². The standard InChI is InChI=1S/C24H21F3N2O/c25-20-16-22(27)21(26)15-19(20)24(30)29-13-11-28(12-14-29)23(17-7-3-1-4-8-17)18-9-5-2-6-10-18/h1-10,15-16,23H,11-14H2. The summed E-state index contributed by atoms with van der Waals surface area (Å²) >= 11 is 0. The minimum atomic E-state index is -1.30. The van der Waals surface area contributed by atoms with Crippen molar-refractivity contribution < 1.29 is 18.0 Å². The zero-order valence-corrected chi connectivity index (χ0v) is 16.3. The van der Waals surface area contributed by atoms with E-state index >= 15 is 0 Å². The van der Waals surface area contributed by atoms with Crippen LogP contribution in [0.15, 0.2) is 72.8 Å². The van der Waals surface area contributed by atoms with Gasteiger partial charge in [-0.3, -0.25) is 9.69 Å². The van der Waals surface area contributed by atoms with Gasteiger partial charge in [-0.05, 0) is 17.2 Å². The monoisotopic (exact) mass is 410 g/mol. The summed E-state index contributed by atoms with van der Waals surface area (Å²) < 4.78 is 40.7. The molecule has 0 aromatic heterocycles. The summed E-state index contributed by atoms with van der Waals surface area (Å²) in [6.07, 6.45) is 0. The highest BCUT2D eigenvalue weighted by Crippen LogP contribution is 2.29. The van der Waals surface area contributed by atoms with Crippen LogP contribution in [0.25, 0.3) is 0 Å². The maximum atomic E-state index is 14.0. The maximum Gasteiger partial charge on any atom is 0.257 e. The number of hydrogen-bond donors (Lipinski definition) is 0. The molecule has 0 saturated carbocycles. The molecule has 6 heteroatoms. The lowest BCUT2D eigenvalue weighted by molar-refractivity contribution is 0.0592. The molecule has 0 aliphatic carbocycles. The fourth-order valence-electron chi connectivity index (χ4n) is 3.92. The van der Waals surface area contributed by atoms with Gasteiger partial charge < -0.3 is 4.90 Å². The van der Waals surface area contributed by atoms with Crippen molar-refractivity contribution in [2.45, 2.75) is 6.04 Å². The van der Waals surface area contributed by atoms with Crippen molar-refractivity contribution in [3.8, 4) is 0 Å². The van der Waals surface area contributed by atoms with Crippen molar-refractivity contribution >= 4 is 5.91 Å². The van der Waals surface area contributed by atoms with Crippen molar-refractivity contribution in [1.82, 2.24) is 9.80 Å². The van der Waals surface area contributed by atoms with Crippen molar-refractivity contribution in [3.63, 3.8) is 0 Å². The first-order valence-electron chi connectivity index (χ1n) is 9.82. The quantitative estimate of drug-likeness (QED) is 0.585. The van der Waals surface area contributed by atoms with Gasteiger partial charge in [0.15, 0.2) is 11.6 Å². The molecule has 1 fully saturated rings. The van der Waals surface area contributed by atoms with Gasteiger partial charge in [-0.1, -0.05) is 60.7 Å². The number of hydrogen-bond acceptors (Lipinski definition) is 2. The van der Waals surface area contributed by atoms with Crippen LogP contribution in [0.1, 0.15) is 27.5 Å². The average molecular weight is 410 g/mol. The SMILES string of the molecule is O=C(c1cc(F)c(F)cc1F)N1CCN(C(c2ccccc2)c2ccccc2)CC1. The molecule has 0 spiro atoms. The third-order valence-electron chi connectivity index (χ3n) is 5.44. The van der Waals surface area contributed by atoms with Gasteiger partial charge in [0.05, 0.1) is 11.6 Å². The summed E-state index contributed by atoms with van der Waals surface area (Å²) in [5, 5.41) is 0. The number of amides is 1. The topological polar surface area (TPSA) is 23.6 Å². The third kappa shape index (κ3) is 4.09. The first-order valence-corrected chi connectivity index (χ1v) is 9.82. The van der Waals surface area contributed by atoms with E-state index < -0.39 is 28.9 Å². The summed E-state index contributed by atoms with van der Waals surface area (Å²) in [5.41, 5.74) is 1.86. The molecule has 3 aromatic carbocycles. The Labute approximate surface area is 173 Å². The second kappa shape index (κ2) is 8.71. The maximum absolute atomic E-state index is 14.0. The molecular formula is C24H21F3N2O. The lowest BCUT2D eigenvalue weighted by Gasteiger charge is -2.39. The Bertz CT molecular complexity index is 980. The van der Waals surface area contributed by atoms with Gasteiger partial charge in [0.2, 0.25) is 0 Å². The van der Waals surface area contributed by atoms with Crippen LogP contribution < -0.4 is 0 Å². The van der Waals surface area contributed by atoms with E-state index in [-0.39, 0.29) is 6.04 Å². The smallest absolute Gasteiger partial charge is 0.257 e. The number of carbonyl (C=O) groups excluding carboxylic acids is 1. The molecular weight excluding hydrogens is 389 g/mol. The van der Waals surface area contributed by atoms with E-state index in [0.29, 0.717) is 38.3 Å². The predicted octanol–water partition coefficient (Wildman–Crippen LogP) is 4.65. The summed E-state index contributed by atoms with van der Waals surface area (Å²) in [7, 11) is 0. The molecule has 1 aliphatic heterocycles. The largest absolute Gasteiger partial charge is 0.336 e. The molecule has 0 atom stereocenters. The fraction of sp³-hybridized carbons (Fsp3) is 0.208. The molecule has 3 nitrogen and oxygen atoms in total.